The average Bonchev–Trinajstić information content (AvgIpc) is 2.96. The van der Waals surface area contributed by atoms with Crippen molar-refractivity contribution < 1.29 is 4.92 Å². The van der Waals surface area contributed by atoms with Crippen LogP contribution in [0.2, 0.25) is 0 Å². The number of anilines is 1. The first-order chi connectivity index (χ1) is 8.11. The van der Waals surface area contributed by atoms with E-state index in [0.29, 0.717) is 11.6 Å². The van der Waals surface area contributed by atoms with Crippen LogP contribution in [0.25, 0.3) is 0 Å². The summed E-state index contributed by atoms with van der Waals surface area (Å²) in [6.07, 6.45) is 4.96. The van der Waals surface area contributed by atoms with Crippen molar-refractivity contribution in [3.63, 3.8) is 0 Å². The summed E-state index contributed by atoms with van der Waals surface area (Å²) in [5, 5.41) is 14.0. The molecule has 5 nitrogen and oxygen atoms in total. The summed E-state index contributed by atoms with van der Waals surface area (Å²) in [5.41, 5.74) is 0.733. The normalized spacial score (nSPS) is 22.2. The van der Waals surface area contributed by atoms with Crippen LogP contribution in [-0.2, 0) is 0 Å². The van der Waals surface area contributed by atoms with Crippen molar-refractivity contribution in [1.82, 2.24) is 4.98 Å². The first kappa shape index (κ1) is 11.8. The number of nitro groups is 1. The molecule has 0 aromatic carbocycles. The maximum absolute atomic E-state index is 10.6. The van der Waals surface area contributed by atoms with E-state index in [2.05, 4.69) is 17.2 Å². The largest absolute Gasteiger partial charge is 0.367 e. The number of hydrogen-bond acceptors (Lipinski definition) is 4. The van der Waals surface area contributed by atoms with E-state index in [1.807, 2.05) is 0 Å². The number of nitrogens with one attached hydrogen (secondary N) is 1. The zero-order valence-electron chi connectivity index (χ0n) is 10.1. The van der Waals surface area contributed by atoms with Gasteiger partial charge in [-0.25, -0.2) is 4.98 Å². The van der Waals surface area contributed by atoms with Gasteiger partial charge in [-0.2, -0.15) is 0 Å². The summed E-state index contributed by atoms with van der Waals surface area (Å²) in [6.45, 7) is 3.92. The van der Waals surface area contributed by atoms with Gasteiger partial charge in [0.1, 0.15) is 12.0 Å². The van der Waals surface area contributed by atoms with Crippen molar-refractivity contribution in [3.05, 3.63) is 27.9 Å². The molecule has 17 heavy (non-hydrogen) atoms. The fourth-order valence-corrected chi connectivity index (χ4v) is 2.12. The van der Waals surface area contributed by atoms with Gasteiger partial charge in [0.25, 0.3) is 5.69 Å². The summed E-state index contributed by atoms with van der Waals surface area (Å²) in [5.74, 6) is 1.49. The monoisotopic (exact) mass is 235 g/mol. The highest BCUT2D eigenvalue weighted by Gasteiger charge is 2.36. The number of aromatic nitrogens is 1. The molecule has 1 aliphatic carbocycles. The van der Waals surface area contributed by atoms with Gasteiger partial charge in [0.05, 0.1) is 4.92 Å². The molecule has 1 fully saturated rings. The van der Waals surface area contributed by atoms with Crippen molar-refractivity contribution in [2.24, 2.45) is 5.92 Å². The summed E-state index contributed by atoms with van der Waals surface area (Å²) in [4.78, 5) is 14.3. The number of rotatable bonds is 5. The molecule has 92 valence electrons. The third-order valence-electron chi connectivity index (χ3n) is 3.20. The minimum atomic E-state index is -0.400. The smallest absolute Gasteiger partial charge is 0.290 e. The molecule has 5 heteroatoms. The van der Waals surface area contributed by atoms with Crippen LogP contribution >= 0.6 is 0 Å². The first-order valence-corrected chi connectivity index (χ1v) is 5.99. The van der Waals surface area contributed by atoms with Crippen molar-refractivity contribution in [3.8, 4) is 0 Å². The molecule has 1 saturated carbocycles. The Labute approximate surface area is 100 Å². The highest BCUT2D eigenvalue weighted by Crippen LogP contribution is 2.37. The van der Waals surface area contributed by atoms with Gasteiger partial charge in [-0.3, -0.25) is 10.1 Å². The highest BCUT2D eigenvalue weighted by molar-refractivity contribution is 5.48. The average molecular weight is 235 g/mol. The zero-order valence-corrected chi connectivity index (χ0v) is 10.1. The van der Waals surface area contributed by atoms with E-state index in [1.165, 1.54) is 25.5 Å². The second-order valence-electron chi connectivity index (χ2n) is 4.65. The van der Waals surface area contributed by atoms with Crippen molar-refractivity contribution >= 4 is 11.5 Å². The fourth-order valence-electron chi connectivity index (χ4n) is 2.12. The van der Waals surface area contributed by atoms with Crippen LogP contribution in [0, 0.1) is 23.0 Å². The van der Waals surface area contributed by atoms with E-state index in [4.69, 9.17) is 0 Å². The van der Waals surface area contributed by atoms with E-state index in [9.17, 15) is 10.1 Å². The minimum Gasteiger partial charge on any atom is -0.367 e. The number of hydrogen-bond donors (Lipinski definition) is 1. The van der Waals surface area contributed by atoms with E-state index in [1.54, 1.807) is 13.0 Å². The molecule has 1 N–H and O–H groups in total. The summed E-state index contributed by atoms with van der Waals surface area (Å²) in [7, 11) is 0. The molecule has 0 saturated heterocycles. The number of pyridine rings is 1. The van der Waals surface area contributed by atoms with Crippen molar-refractivity contribution in [1.29, 1.82) is 0 Å². The van der Waals surface area contributed by atoms with Gasteiger partial charge >= 0.3 is 0 Å². The Hall–Kier alpha value is -1.65. The topological polar surface area (TPSA) is 68.1 Å². The number of nitrogens with zero attached hydrogens (tertiary/aromatic N) is 2. The molecule has 2 rings (SSSR count). The van der Waals surface area contributed by atoms with Crippen LogP contribution in [0.15, 0.2) is 12.3 Å². The molecule has 0 aliphatic heterocycles. The third-order valence-corrected chi connectivity index (χ3v) is 3.20. The Balaban J connectivity index is 1.99. The van der Waals surface area contributed by atoms with Crippen LogP contribution in [-0.4, -0.2) is 15.9 Å². The molecule has 0 bridgehead atoms. The molecule has 2 atom stereocenters. The van der Waals surface area contributed by atoms with E-state index >= 15 is 0 Å². The predicted octanol–water partition coefficient (Wildman–Crippen LogP) is 2.90. The van der Waals surface area contributed by atoms with Crippen LogP contribution < -0.4 is 5.32 Å². The second kappa shape index (κ2) is 4.69. The molecular formula is C12H17N3O2. The molecule has 0 spiro atoms. The molecule has 1 aromatic heterocycles. The molecule has 0 amide bonds. The second-order valence-corrected chi connectivity index (χ2v) is 4.65. The lowest BCUT2D eigenvalue weighted by Gasteiger charge is -2.05. The highest BCUT2D eigenvalue weighted by atomic mass is 16.6. The standard InChI is InChI=1S/C12H17N3O2/c1-3-4-9-6-10(9)14-12-5-8(2)11(7-13-12)15(16)17/h5,7,9-10H,3-4,6H2,1-2H3,(H,13,14). The Kier molecular flexibility index (Phi) is 3.26. The number of aryl methyl sites for hydroxylation is 1. The lowest BCUT2D eigenvalue weighted by molar-refractivity contribution is -0.385. The molecule has 0 radical (unpaired) electrons. The maximum atomic E-state index is 10.6. The Morgan fingerprint density at radius 2 is 2.41 bits per heavy atom. The lowest BCUT2D eigenvalue weighted by atomic mass is 10.2. The van der Waals surface area contributed by atoms with E-state index in [0.717, 1.165) is 11.7 Å². The van der Waals surface area contributed by atoms with Gasteiger partial charge in [0.2, 0.25) is 0 Å². The molecule has 1 aliphatic rings. The lowest BCUT2D eigenvalue weighted by Crippen LogP contribution is -2.07. The quantitative estimate of drug-likeness (QED) is 0.629. The third kappa shape index (κ3) is 2.72. The van der Waals surface area contributed by atoms with Crippen LogP contribution in [0.1, 0.15) is 31.7 Å². The van der Waals surface area contributed by atoms with E-state index < -0.39 is 4.92 Å². The van der Waals surface area contributed by atoms with Gasteiger partial charge in [-0.1, -0.05) is 13.3 Å². The fraction of sp³-hybridized carbons (Fsp3) is 0.583. The SMILES string of the molecule is CCCC1CC1Nc1cc(C)c([N+](=O)[O-])cn1. The van der Waals surface area contributed by atoms with Gasteiger partial charge in [-0.05, 0) is 31.7 Å². The Morgan fingerprint density at radius 1 is 1.65 bits per heavy atom. The molecule has 1 heterocycles. The molecular weight excluding hydrogens is 218 g/mol. The predicted molar refractivity (Wildman–Crippen MR) is 66.1 cm³/mol. The summed E-state index contributed by atoms with van der Waals surface area (Å²) < 4.78 is 0. The van der Waals surface area contributed by atoms with E-state index in [-0.39, 0.29) is 5.69 Å². The van der Waals surface area contributed by atoms with Gasteiger partial charge in [0.15, 0.2) is 0 Å². The van der Waals surface area contributed by atoms with Crippen LogP contribution in [0.3, 0.4) is 0 Å². The minimum absolute atomic E-state index is 0.0801. The molecule has 1 aromatic rings. The van der Waals surface area contributed by atoms with Crippen LogP contribution in [0.4, 0.5) is 11.5 Å². The van der Waals surface area contributed by atoms with Gasteiger partial charge < -0.3 is 5.32 Å². The van der Waals surface area contributed by atoms with Gasteiger partial charge in [-0.15, -0.1) is 0 Å². The molecule has 2 unspecified atom stereocenters. The van der Waals surface area contributed by atoms with Gasteiger partial charge in [0, 0.05) is 11.6 Å². The van der Waals surface area contributed by atoms with Crippen molar-refractivity contribution in [2.75, 3.05) is 5.32 Å². The Morgan fingerprint density at radius 3 is 3.00 bits per heavy atom. The summed E-state index contributed by atoms with van der Waals surface area (Å²) in [6, 6.07) is 2.25. The first-order valence-electron chi connectivity index (χ1n) is 5.99. The Bertz CT molecular complexity index is 434. The van der Waals surface area contributed by atoms with Crippen molar-refractivity contribution in [2.45, 2.75) is 39.2 Å². The maximum Gasteiger partial charge on any atom is 0.290 e. The summed E-state index contributed by atoms with van der Waals surface area (Å²) >= 11 is 0. The van der Waals surface area contributed by atoms with Crippen LogP contribution in [0.5, 0.6) is 0 Å². The zero-order chi connectivity index (χ0) is 12.4.